The summed E-state index contributed by atoms with van der Waals surface area (Å²) < 4.78 is 5.79. The van der Waals surface area contributed by atoms with Crippen LogP contribution in [0.5, 0.6) is 5.75 Å². The lowest BCUT2D eigenvalue weighted by molar-refractivity contribution is -0.134. The number of rotatable bonds is 5. The molecular formula is C18H26N2O2. The van der Waals surface area contributed by atoms with Crippen LogP contribution in [0.4, 0.5) is 0 Å². The van der Waals surface area contributed by atoms with Crippen molar-refractivity contribution in [1.29, 1.82) is 0 Å². The number of fused-ring (bicyclic) bond motifs is 2. The van der Waals surface area contributed by atoms with E-state index in [1.54, 1.807) is 0 Å². The van der Waals surface area contributed by atoms with Crippen molar-refractivity contribution in [2.24, 2.45) is 0 Å². The molecule has 2 saturated heterocycles. The van der Waals surface area contributed by atoms with Crippen molar-refractivity contribution in [1.82, 2.24) is 10.2 Å². The summed E-state index contributed by atoms with van der Waals surface area (Å²) in [6.45, 7) is 4.66. The molecule has 0 saturated carbocycles. The summed E-state index contributed by atoms with van der Waals surface area (Å²) in [7, 11) is 0. The van der Waals surface area contributed by atoms with Gasteiger partial charge in [-0.15, -0.1) is 0 Å². The monoisotopic (exact) mass is 302 g/mol. The molecular weight excluding hydrogens is 276 g/mol. The molecule has 2 bridgehead atoms. The molecule has 1 amide bonds. The second kappa shape index (κ2) is 7.14. The molecule has 1 N–H and O–H groups in total. The highest BCUT2D eigenvalue weighted by Gasteiger charge is 2.37. The first-order valence-electron chi connectivity index (χ1n) is 8.46. The fourth-order valence-electron chi connectivity index (χ4n) is 3.64. The van der Waals surface area contributed by atoms with Crippen molar-refractivity contribution in [2.45, 2.75) is 51.1 Å². The topological polar surface area (TPSA) is 41.6 Å². The number of hydrogen-bond acceptors (Lipinski definition) is 3. The SMILES string of the molecule is Cc1ccccc1OCCCC(=O)N1C2CCNCC1CC2. The smallest absolute Gasteiger partial charge is 0.223 e. The van der Waals surface area contributed by atoms with Crippen molar-refractivity contribution < 1.29 is 9.53 Å². The van der Waals surface area contributed by atoms with Crippen LogP contribution in [0.2, 0.25) is 0 Å². The maximum Gasteiger partial charge on any atom is 0.223 e. The Labute approximate surface area is 132 Å². The molecule has 0 aromatic heterocycles. The van der Waals surface area contributed by atoms with Crippen LogP contribution in [0.25, 0.3) is 0 Å². The number of ether oxygens (including phenoxy) is 1. The number of aryl methyl sites for hydroxylation is 1. The lowest BCUT2D eigenvalue weighted by Gasteiger charge is -2.28. The Kier molecular flexibility index (Phi) is 4.98. The second-order valence-electron chi connectivity index (χ2n) is 6.40. The predicted molar refractivity (Wildman–Crippen MR) is 87.1 cm³/mol. The van der Waals surface area contributed by atoms with Crippen LogP contribution < -0.4 is 10.1 Å². The van der Waals surface area contributed by atoms with Crippen molar-refractivity contribution in [2.75, 3.05) is 19.7 Å². The highest BCUT2D eigenvalue weighted by molar-refractivity contribution is 5.77. The number of para-hydroxylation sites is 1. The molecule has 2 atom stereocenters. The molecule has 2 unspecified atom stereocenters. The maximum absolute atomic E-state index is 12.5. The highest BCUT2D eigenvalue weighted by Crippen LogP contribution is 2.28. The maximum atomic E-state index is 12.5. The Morgan fingerprint density at radius 2 is 2.09 bits per heavy atom. The molecule has 22 heavy (non-hydrogen) atoms. The van der Waals surface area contributed by atoms with Crippen molar-refractivity contribution >= 4 is 5.91 Å². The van der Waals surface area contributed by atoms with Crippen molar-refractivity contribution in [3.05, 3.63) is 29.8 Å². The quantitative estimate of drug-likeness (QED) is 0.850. The summed E-state index contributed by atoms with van der Waals surface area (Å²) in [5, 5.41) is 3.44. The Hall–Kier alpha value is -1.55. The first-order chi connectivity index (χ1) is 10.8. The van der Waals surface area contributed by atoms with Crippen molar-refractivity contribution in [3.8, 4) is 5.75 Å². The normalized spacial score (nSPS) is 24.1. The minimum Gasteiger partial charge on any atom is -0.493 e. The van der Waals surface area contributed by atoms with E-state index in [1.807, 2.05) is 31.2 Å². The van der Waals surface area contributed by atoms with Gasteiger partial charge < -0.3 is 15.0 Å². The minimum atomic E-state index is 0.310. The number of hydrogen-bond donors (Lipinski definition) is 1. The summed E-state index contributed by atoms with van der Waals surface area (Å²) in [6, 6.07) is 8.90. The summed E-state index contributed by atoms with van der Waals surface area (Å²) in [4.78, 5) is 14.7. The van der Waals surface area contributed by atoms with Gasteiger partial charge in [-0.2, -0.15) is 0 Å². The van der Waals surface area contributed by atoms with Gasteiger partial charge in [0.25, 0.3) is 0 Å². The Bertz CT molecular complexity index is 504. The van der Waals surface area contributed by atoms with E-state index in [2.05, 4.69) is 10.2 Å². The second-order valence-corrected chi connectivity index (χ2v) is 6.40. The van der Waals surface area contributed by atoms with Gasteiger partial charge in [-0.1, -0.05) is 18.2 Å². The lowest BCUT2D eigenvalue weighted by atomic mass is 10.1. The molecule has 1 aromatic carbocycles. The van der Waals surface area contributed by atoms with E-state index in [9.17, 15) is 4.79 Å². The van der Waals surface area contributed by atoms with Crippen LogP contribution in [0.1, 0.15) is 37.7 Å². The number of benzene rings is 1. The highest BCUT2D eigenvalue weighted by atomic mass is 16.5. The van der Waals surface area contributed by atoms with Gasteiger partial charge in [0.05, 0.1) is 6.61 Å². The van der Waals surface area contributed by atoms with Crippen LogP contribution in [-0.4, -0.2) is 42.6 Å². The van der Waals surface area contributed by atoms with E-state index >= 15 is 0 Å². The first-order valence-corrected chi connectivity index (χ1v) is 8.46. The fraction of sp³-hybridized carbons (Fsp3) is 0.611. The van der Waals surface area contributed by atoms with Gasteiger partial charge in [0.15, 0.2) is 0 Å². The molecule has 120 valence electrons. The van der Waals surface area contributed by atoms with Gasteiger partial charge in [0, 0.05) is 25.0 Å². The molecule has 0 spiro atoms. The van der Waals surface area contributed by atoms with E-state index in [-0.39, 0.29) is 0 Å². The third-order valence-electron chi connectivity index (χ3n) is 4.83. The van der Waals surface area contributed by atoms with E-state index in [4.69, 9.17) is 4.74 Å². The fourth-order valence-corrected chi connectivity index (χ4v) is 3.64. The standard InChI is InChI=1S/C18H26N2O2/c1-14-5-2-3-6-17(14)22-12-4-7-18(21)20-15-8-9-16(20)13-19-11-10-15/h2-3,5-6,15-16,19H,4,7-13H2,1H3. The number of nitrogens with zero attached hydrogens (tertiary/aromatic N) is 1. The Balaban J connectivity index is 1.45. The molecule has 3 rings (SSSR count). The van der Waals surface area contributed by atoms with Gasteiger partial charge in [-0.05, 0) is 50.8 Å². The van der Waals surface area contributed by atoms with Gasteiger partial charge in [0.1, 0.15) is 5.75 Å². The summed E-state index contributed by atoms with van der Waals surface area (Å²) in [6.07, 6.45) is 4.82. The summed E-state index contributed by atoms with van der Waals surface area (Å²) in [5.74, 6) is 1.23. The lowest BCUT2D eigenvalue weighted by Crippen LogP contribution is -2.42. The third-order valence-corrected chi connectivity index (χ3v) is 4.83. The zero-order chi connectivity index (χ0) is 15.4. The Morgan fingerprint density at radius 3 is 2.95 bits per heavy atom. The molecule has 0 radical (unpaired) electrons. The van der Waals surface area contributed by atoms with Crippen LogP contribution in [0, 0.1) is 6.92 Å². The molecule has 2 aliphatic rings. The zero-order valence-corrected chi connectivity index (χ0v) is 13.4. The number of carbonyl (C=O) groups excluding carboxylic acids is 1. The largest absolute Gasteiger partial charge is 0.493 e. The van der Waals surface area contributed by atoms with E-state index in [0.29, 0.717) is 31.0 Å². The van der Waals surface area contributed by atoms with Crippen LogP contribution >= 0.6 is 0 Å². The minimum absolute atomic E-state index is 0.310. The third kappa shape index (κ3) is 3.43. The van der Waals surface area contributed by atoms with Gasteiger partial charge in [0.2, 0.25) is 5.91 Å². The first kappa shape index (κ1) is 15.3. The average Bonchev–Trinajstić information content (AvgIpc) is 2.78. The van der Waals surface area contributed by atoms with Crippen LogP contribution in [-0.2, 0) is 4.79 Å². The van der Waals surface area contributed by atoms with E-state index in [0.717, 1.165) is 43.7 Å². The molecule has 2 heterocycles. The van der Waals surface area contributed by atoms with Crippen LogP contribution in [0.15, 0.2) is 24.3 Å². The number of amides is 1. The predicted octanol–water partition coefficient (Wildman–Crippen LogP) is 2.51. The number of carbonyl (C=O) groups is 1. The molecule has 2 aliphatic heterocycles. The van der Waals surface area contributed by atoms with Crippen LogP contribution in [0.3, 0.4) is 0 Å². The molecule has 4 heteroatoms. The van der Waals surface area contributed by atoms with E-state index < -0.39 is 0 Å². The van der Waals surface area contributed by atoms with Crippen molar-refractivity contribution in [3.63, 3.8) is 0 Å². The summed E-state index contributed by atoms with van der Waals surface area (Å²) >= 11 is 0. The average molecular weight is 302 g/mol. The molecule has 1 aromatic rings. The summed E-state index contributed by atoms with van der Waals surface area (Å²) in [5.41, 5.74) is 1.14. The molecule has 2 fully saturated rings. The number of nitrogens with one attached hydrogen (secondary N) is 1. The molecule has 4 nitrogen and oxygen atoms in total. The van der Waals surface area contributed by atoms with E-state index in [1.165, 1.54) is 6.42 Å². The zero-order valence-electron chi connectivity index (χ0n) is 13.4. The van der Waals surface area contributed by atoms with Gasteiger partial charge in [-0.25, -0.2) is 0 Å². The Morgan fingerprint density at radius 1 is 1.27 bits per heavy atom. The molecule has 0 aliphatic carbocycles. The van der Waals surface area contributed by atoms with Gasteiger partial charge >= 0.3 is 0 Å². The van der Waals surface area contributed by atoms with Gasteiger partial charge in [-0.3, -0.25) is 4.79 Å².